The number of aryl methyl sites for hydroxylation is 1. The fraction of sp³-hybridized carbons (Fsp3) is 0.571. The number of nitrogens with zero attached hydrogens (tertiary/aromatic N) is 1. The van der Waals surface area contributed by atoms with Crippen molar-refractivity contribution >= 4 is 0 Å². The predicted molar refractivity (Wildman–Crippen MR) is 38.7 cm³/mol. The van der Waals surface area contributed by atoms with Crippen LogP contribution in [-0.4, -0.2) is 16.7 Å². The summed E-state index contributed by atoms with van der Waals surface area (Å²) in [5.41, 5.74) is 3.85. The number of nitrogens with one attached hydrogen (secondary N) is 2. The fourth-order valence-corrected chi connectivity index (χ4v) is 1.40. The molecule has 10 heavy (non-hydrogen) atoms. The number of aromatic amines is 1. The Morgan fingerprint density at radius 1 is 1.50 bits per heavy atom. The van der Waals surface area contributed by atoms with E-state index in [1.54, 1.807) is 0 Å². The molecule has 3 heteroatoms. The topological polar surface area (TPSA) is 40.7 Å². The average molecular weight is 137 g/mol. The van der Waals surface area contributed by atoms with Gasteiger partial charge in [-0.3, -0.25) is 5.10 Å². The van der Waals surface area contributed by atoms with E-state index in [9.17, 15) is 0 Å². The summed E-state index contributed by atoms with van der Waals surface area (Å²) in [5.74, 6) is 0. The SMILES string of the molecule is Cc1[nH]nc2c1CCNC2. The van der Waals surface area contributed by atoms with Gasteiger partial charge in [0, 0.05) is 12.2 Å². The van der Waals surface area contributed by atoms with Crippen LogP contribution in [0.2, 0.25) is 0 Å². The lowest BCUT2D eigenvalue weighted by Gasteiger charge is -2.10. The molecule has 2 rings (SSSR count). The molecule has 0 saturated heterocycles. The normalized spacial score (nSPS) is 16.9. The monoisotopic (exact) mass is 137 g/mol. The molecule has 0 bridgehead atoms. The van der Waals surface area contributed by atoms with Gasteiger partial charge in [0.2, 0.25) is 0 Å². The van der Waals surface area contributed by atoms with Gasteiger partial charge >= 0.3 is 0 Å². The van der Waals surface area contributed by atoms with Crippen molar-refractivity contribution in [3.63, 3.8) is 0 Å². The molecule has 54 valence electrons. The van der Waals surface area contributed by atoms with E-state index < -0.39 is 0 Å². The number of aromatic nitrogens is 2. The number of fused-ring (bicyclic) bond motifs is 1. The molecule has 0 fully saturated rings. The highest BCUT2D eigenvalue weighted by molar-refractivity contribution is 5.26. The summed E-state index contributed by atoms with van der Waals surface area (Å²) >= 11 is 0. The number of hydrogen-bond donors (Lipinski definition) is 2. The van der Waals surface area contributed by atoms with Crippen LogP contribution in [0.1, 0.15) is 17.0 Å². The molecule has 0 saturated carbocycles. The average Bonchev–Trinajstić information content (AvgIpc) is 2.34. The molecule has 3 nitrogen and oxygen atoms in total. The van der Waals surface area contributed by atoms with Gasteiger partial charge < -0.3 is 5.32 Å². The van der Waals surface area contributed by atoms with Gasteiger partial charge in [-0.05, 0) is 25.5 Å². The third-order valence-electron chi connectivity index (χ3n) is 2.00. The summed E-state index contributed by atoms with van der Waals surface area (Å²) in [6, 6.07) is 0. The Hall–Kier alpha value is -0.830. The Balaban J connectivity index is 2.45. The molecule has 1 aliphatic rings. The van der Waals surface area contributed by atoms with E-state index in [0.29, 0.717) is 0 Å². The molecule has 1 aromatic rings. The largest absolute Gasteiger partial charge is 0.311 e. The third kappa shape index (κ3) is 0.743. The smallest absolute Gasteiger partial charge is 0.0795 e. The van der Waals surface area contributed by atoms with Crippen LogP contribution in [0.3, 0.4) is 0 Å². The second-order valence-electron chi connectivity index (χ2n) is 2.70. The van der Waals surface area contributed by atoms with Gasteiger partial charge in [-0.1, -0.05) is 0 Å². The molecule has 0 aliphatic carbocycles. The maximum atomic E-state index is 4.17. The van der Waals surface area contributed by atoms with Crippen molar-refractivity contribution in [1.82, 2.24) is 15.5 Å². The fourth-order valence-electron chi connectivity index (χ4n) is 1.40. The van der Waals surface area contributed by atoms with Gasteiger partial charge in [0.25, 0.3) is 0 Å². The summed E-state index contributed by atoms with van der Waals surface area (Å²) in [6.45, 7) is 4.10. The van der Waals surface area contributed by atoms with E-state index in [1.807, 2.05) is 0 Å². The highest BCUT2D eigenvalue weighted by Gasteiger charge is 2.12. The molecule has 0 radical (unpaired) electrons. The minimum absolute atomic E-state index is 0.930. The van der Waals surface area contributed by atoms with Crippen LogP contribution in [-0.2, 0) is 13.0 Å². The molecule has 2 heterocycles. The molecule has 2 N–H and O–H groups in total. The van der Waals surface area contributed by atoms with Gasteiger partial charge in [-0.2, -0.15) is 5.10 Å². The Bertz CT molecular complexity index is 239. The summed E-state index contributed by atoms with van der Waals surface area (Å²) in [6.07, 6.45) is 1.12. The zero-order valence-electron chi connectivity index (χ0n) is 6.07. The first-order chi connectivity index (χ1) is 4.88. The highest BCUT2D eigenvalue weighted by Crippen LogP contribution is 2.13. The molecular formula is C7H11N3. The Morgan fingerprint density at radius 3 is 3.20 bits per heavy atom. The highest BCUT2D eigenvalue weighted by atomic mass is 15.1. The third-order valence-corrected chi connectivity index (χ3v) is 2.00. The van der Waals surface area contributed by atoms with Crippen LogP contribution in [0.25, 0.3) is 0 Å². The lowest BCUT2D eigenvalue weighted by atomic mass is 10.1. The summed E-state index contributed by atoms with van der Waals surface area (Å²) in [4.78, 5) is 0. The molecule has 1 aromatic heterocycles. The molecular weight excluding hydrogens is 126 g/mol. The van der Waals surface area contributed by atoms with Crippen LogP contribution in [0.5, 0.6) is 0 Å². The molecule has 0 aromatic carbocycles. The zero-order chi connectivity index (χ0) is 6.97. The van der Waals surface area contributed by atoms with Gasteiger partial charge in [0.1, 0.15) is 0 Å². The quantitative estimate of drug-likeness (QED) is 0.542. The van der Waals surface area contributed by atoms with Gasteiger partial charge in [-0.25, -0.2) is 0 Å². The van der Waals surface area contributed by atoms with Crippen LogP contribution < -0.4 is 5.32 Å². The lowest BCUT2D eigenvalue weighted by Crippen LogP contribution is -2.23. The van der Waals surface area contributed by atoms with Gasteiger partial charge in [0.05, 0.1) is 5.69 Å². The second kappa shape index (κ2) is 2.09. The van der Waals surface area contributed by atoms with Gasteiger partial charge in [-0.15, -0.1) is 0 Å². The van der Waals surface area contributed by atoms with Crippen LogP contribution in [0.4, 0.5) is 0 Å². The minimum Gasteiger partial charge on any atom is -0.311 e. The standard InChI is InChI=1S/C7H11N3/c1-5-6-2-3-8-4-7(6)10-9-5/h8H,2-4H2,1H3,(H,9,10). The first-order valence-corrected chi connectivity index (χ1v) is 3.61. The zero-order valence-corrected chi connectivity index (χ0v) is 6.07. The maximum Gasteiger partial charge on any atom is 0.0795 e. The number of hydrogen-bond acceptors (Lipinski definition) is 2. The predicted octanol–water partition coefficient (Wildman–Crippen LogP) is 0.364. The van der Waals surface area contributed by atoms with Crippen molar-refractivity contribution in [1.29, 1.82) is 0 Å². The maximum absolute atomic E-state index is 4.17. The number of H-pyrrole nitrogens is 1. The van der Waals surface area contributed by atoms with E-state index in [2.05, 4.69) is 22.4 Å². The van der Waals surface area contributed by atoms with E-state index in [4.69, 9.17) is 0 Å². The van der Waals surface area contributed by atoms with Crippen LogP contribution >= 0.6 is 0 Å². The van der Waals surface area contributed by atoms with E-state index >= 15 is 0 Å². The van der Waals surface area contributed by atoms with E-state index in [1.165, 1.54) is 17.0 Å². The second-order valence-corrected chi connectivity index (χ2v) is 2.70. The first kappa shape index (κ1) is 5.92. The molecule has 0 amide bonds. The Morgan fingerprint density at radius 2 is 2.40 bits per heavy atom. The lowest BCUT2D eigenvalue weighted by molar-refractivity contribution is 0.632. The van der Waals surface area contributed by atoms with Crippen molar-refractivity contribution in [2.75, 3.05) is 6.54 Å². The molecule has 0 spiro atoms. The summed E-state index contributed by atoms with van der Waals surface area (Å²) in [5, 5.41) is 10.4. The first-order valence-electron chi connectivity index (χ1n) is 3.61. The minimum atomic E-state index is 0.930. The van der Waals surface area contributed by atoms with Crippen LogP contribution in [0, 0.1) is 6.92 Å². The molecule has 0 atom stereocenters. The van der Waals surface area contributed by atoms with Crippen molar-refractivity contribution < 1.29 is 0 Å². The van der Waals surface area contributed by atoms with E-state index in [-0.39, 0.29) is 0 Å². The Kier molecular flexibility index (Phi) is 1.24. The van der Waals surface area contributed by atoms with Crippen molar-refractivity contribution in [2.45, 2.75) is 19.9 Å². The van der Waals surface area contributed by atoms with Gasteiger partial charge in [0.15, 0.2) is 0 Å². The van der Waals surface area contributed by atoms with Crippen molar-refractivity contribution in [3.8, 4) is 0 Å². The number of rotatable bonds is 0. The molecule has 0 unspecified atom stereocenters. The Labute approximate surface area is 59.8 Å². The molecule has 1 aliphatic heterocycles. The van der Waals surface area contributed by atoms with Crippen LogP contribution in [0.15, 0.2) is 0 Å². The summed E-state index contributed by atoms with van der Waals surface area (Å²) < 4.78 is 0. The summed E-state index contributed by atoms with van der Waals surface area (Å²) in [7, 11) is 0. The van der Waals surface area contributed by atoms with Crippen molar-refractivity contribution in [3.05, 3.63) is 17.0 Å². The van der Waals surface area contributed by atoms with E-state index in [0.717, 1.165) is 19.5 Å². The van der Waals surface area contributed by atoms with Crippen molar-refractivity contribution in [2.24, 2.45) is 0 Å².